The van der Waals surface area contributed by atoms with Gasteiger partial charge in [0, 0.05) is 41.9 Å². The number of hydrogen-bond donors (Lipinski definition) is 1. The molecule has 1 atom stereocenters. The average molecular weight is 382 g/mol. The fourth-order valence-electron chi connectivity index (χ4n) is 4.66. The molecule has 2 aliphatic heterocycles. The van der Waals surface area contributed by atoms with Crippen LogP contribution in [0.25, 0.3) is 0 Å². The van der Waals surface area contributed by atoms with Gasteiger partial charge in [-0.15, -0.1) is 11.3 Å². The highest BCUT2D eigenvalue weighted by Crippen LogP contribution is 2.48. The predicted molar refractivity (Wildman–Crippen MR) is 112 cm³/mol. The van der Waals surface area contributed by atoms with Crippen LogP contribution in [0.1, 0.15) is 42.2 Å². The number of fused-ring (bicyclic) bond motifs is 1. The van der Waals surface area contributed by atoms with Gasteiger partial charge in [0.25, 0.3) is 0 Å². The number of benzene rings is 1. The highest BCUT2D eigenvalue weighted by atomic mass is 32.1. The summed E-state index contributed by atoms with van der Waals surface area (Å²) in [7, 11) is 0. The van der Waals surface area contributed by atoms with Crippen molar-refractivity contribution in [3.8, 4) is 0 Å². The maximum Gasteiger partial charge on any atom is 0.238 e. The molecule has 1 N–H and O–H groups in total. The second-order valence-corrected chi connectivity index (χ2v) is 9.09. The summed E-state index contributed by atoms with van der Waals surface area (Å²) in [5.74, 6) is 0.847. The number of nitrogens with zero attached hydrogens (tertiary/aromatic N) is 2. The number of amides is 1. The zero-order chi connectivity index (χ0) is 18.2. The third kappa shape index (κ3) is 3.63. The second kappa shape index (κ2) is 7.28. The molecular weight excluding hydrogens is 354 g/mol. The number of hydrogen-bond acceptors (Lipinski definition) is 4. The molecule has 142 valence electrons. The molecule has 3 heterocycles. The monoisotopic (exact) mass is 381 g/mol. The average Bonchev–Trinajstić information content (AvgIpc) is 3.17. The molecule has 2 aromatic rings. The molecule has 0 bridgehead atoms. The van der Waals surface area contributed by atoms with E-state index in [1.165, 1.54) is 41.8 Å². The van der Waals surface area contributed by atoms with Crippen LogP contribution in [0.5, 0.6) is 0 Å². The van der Waals surface area contributed by atoms with Gasteiger partial charge in [0.15, 0.2) is 0 Å². The first kappa shape index (κ1) is 17.3. The molecule has 3 aliphatic rings. The third-order valence-corrected chi connectivity index (χ3v) is 7.15. The second-order valence-electron chi connectivity index (χ2n) is 8.09. The fraction of sp³-hybridized carbons (Fsp3) is 0.500. The van der Waals surface area contributed by atoms with Crippen molar-refractivity contribution in [2.45, 2.75) is 38.1 Å². The number of anilines is 2. The van der Waals surface area contributed by atoms with Gasteiger partial charge in [-0.1, -0.05) is 0 Å². The SMILES string of the molecule is O=C(CN1CCc2sccc2[C@H]1C1CC1)Nc1ccc(N2CCCC2)cc1. The smallest absolute Gasteiger partial charge is 0.238 e. The summed E-state index contributed by atoms with van der Waals surface area (Å²) in [6, 6.07) is 11.1. The van der Waals surface area contributed by atoms with Crippen molar-refractivity contribution < 1.29 is 4.79 Å². The Morgan fingerprint density at radius 1 is 1.07 bits per heavy atom. The van der Waals surface area contributed by atoms with Gasteiger partial charge in [0.1, 0.15) is 0 Å². The van der Waals surface area contributed by atoms with Crippen LogP contribution in [0, 0.1) is 5.92 Å². The Morgan fingerprint density at radius 2 is 1.85 bits per heavy atom. The van der Waals surface area contributed by atoms with Crippen LogP contribution < -0.4 is 10.2 Å². The third-order valence-electron chi connectivity index (χ3n) is 6.16. The van der Waals surface area contributed by atoms with Gasteiger partial charge in [0.2, 0.25) is 5.91 Å². The Hall–Kier alpha value is -1.85. The van der Waals surface area contributed by atoms with E-state index in [4.69, 9.17) is 0 Å². The zero-order valence-electron chi connectivity index (χ0n) is 15.7. The standard InChI is InChI=1S/C22H27N3OS/c26-21(23-17-5-7-18(8-6-17)24-11-1-2-12-24)15-25-13-9-20-19(10-14-27-20)22(25)16-3-4-16/h5-8,10,14,16,22H,1-4,9,11-13,15H2,(H,23,26)/t22-/m1/s1. The molecule has 1 saturated carbocycles. The van der Waals surface area contributed by atoms with Gasteiger partial charge in [-0.05, 0) is 79.3 Å². The molecule has 1 aromatic carbocycles. The van der Waals surface area contributed by atoms with Crippen LogP contribution in [-0.2, 0) is 11.2 Å². The van der Waals surface area contributed by atoms with Crippen LogP contribution in [0.3, 0.4) is 0 Å². The number of thiophene rings is 1. The molecule has 1 amide bonds. The van der Waals surface area contributed by atoms with E-state index in [9.17, 15) is 4.79 Å². The molecule has 27 heavy (non-hydrogen) atoms. The summed E-state index contributed by atoms with van der Waals surface area (Å²) in [4.78, 5) is 19.0. The summed E-state index contributed by atoms with van der Waals surface area (Å²) in [5.41, 5.74) is 3.65. The van der Waals surface area contributed by atoms with E-state index in [0.717, 1.165) is 37.7 Å². The first-order valence-corrected chi connectivity index (χ1v) is 11.1. The van der Waals surface area contributed by atoms with Crippen LogP contribution in [0.2, 0.25) is 0 Å². The number of carbonyl (C=O) groups excluding carboxylic acids is 1. The van der Waals surface area contributed by atoms with Gasteiger partial charge in [-0.2, -0.15) is 0 Å². The minimum Gasteiger partial charge on any atom is -0.372 e. The lowest BCUT2D eigenvalue weighted by atomic mass is 9.96. The first-order chi connectivity index (χ1) is 13.3. The minimum atomic E-state index is 0.105. The van der Waals surface area contributed by atoms with Crippen LogP contribution in [0.15, 0.2) is 35.7 Å². The number of rotatable bonds is 5. The Bertz CT molecular complexity index is 805. The van der Waals surface area contributed by atoms with E-state index in [0.29, 0.717) is 12.6 Å². The summed E-state index contributed by atoms with van der Waals surface area (Å²) < 4.78 is 0. The molecule has 2 fully saturated rings. The Labute approximate surface area is 165 Å². The van der Waals surface area contributed by atoms with Crippen LogP contribution in [-0.4, -0.2) is 37.0 Å². The molecule has 1 aliphatic carbocycles. The van der Waals surface area contributed by atoms with E-state index < -0.39 is 0 Å². The number of nitrogens with one attached hydrogen (secondary N) is 1. The number of carbonyl (C=O) groups is 1. The highest BCUT2D eigenvalue weighted by molar-refractivity contribution is 7.10. The quantitative estimate of drug-likeness (QED) is 0.839. The van der Waals surface area contributed by atoms with E-state index in [1.54, 1.807) is 0 Å². The van der Waals surface area contributed by atoms with Crippen molar-refractivity contribution in [1.29, 1.82) is 0 Å². The molecule has 1 aromatic heterocycles. The summed E-state index contributed by atoms with van der Waals surface area (Å²) >= 11 is 1.88. The lowest BCUT2D eigenvalue weighted by Gasteiger charge is -2.35. The van der Waals surface area contributed by atoms with Crippen molar-refractivity contribution in [3.05, 3.63) is 46.2 Å². The lowest BCUT2D eigenvalue weighted by Crippen LogP contribution is -2.41. The Morgan fingerprint density at radius 3 is 2.59 bits per heavy atom. The van der Waals surface area contributed by atoms with Crippen molar-refractivity contribution in [1.82, 2.24) is 4.90 Å². The maximum absolute atomic E-state index is 12.7. The van der Waals surface area contributed by atoms with Gasteiger partial charge in [-0.3, -0.25) is 9.69 Å². The maximum atomic E-state index is 12.7. The lowest BCUT2D eigenvalue weighted by molar-refractivity contribution is -0.118. The summed E-state index contributed by atoms with van der Waals surface area (Å²) in [6.07, 6.45) is 6.24. The van der Waals surface area contributed by atoms with E-state index in [2.05, 4.69) is 38.7 Å². The van der Waals surface area contributed by atoms with E-state index in [-0.39, 0.29) is 5.91 Å². The van der Waals surface area contributed by atoms with Crippen LogP contribution in [0.4, 0.5) is 11.4 Å². The van der Waals surface area contributed by atoms with Gasteiger partial charge in [0.05, 0.1) is 6.54 Å². The molecule has 0 radical (unpaired) electrons. The molecule has 1 saturated heterocycles. The molecule has 4 nitrogen and oxygen atoms in total. The summed E-state index contributed by atoms with van der Waals surface area (Å²) in [6.45, 7) is 3.78. The predicted octanol–water partition coefficient (Wildman–Crippen LogP) is 4.30. The van der Waals surface area contributed by atoms with Crippen molar-refractivity contribution >= 4 is 28.6 Å². The van der Waals surface area contributed by atoms with E-state index in [1.807, 2.05) is 23.5 Å². The normalized spacial score (nSPS) is 22.7. The molecule has 0 spiro atoms. The largest absolute Gasteiger partial charge is 0.372 e. The van der Waals surface area contributed by atoms with Crippen molar-refractivity contribution in [2.75, 3.05) is 36.4 Å². The van der Waals surface area contributed by atoms with Gasteiger partial charge < -0.3 is 10.2 Å². The van der Waals surface area contributed by atoms with E-state index >= 15 is 0 Å². The topological polar surface area (TPSA) is 35.6 Å². The zero-order valence-corrected chi connectivity index (χ0v) is 16.5. The molecule has 5 rings (SSSR count). The van der Waals surface area contributed by atoms with Crippen molar-refractivity contribution in [3.63, 3.8) is 0 Å². The Balaban J connectivity index is 1.23. The summed E-state index contributed by atoms with van der Waals surface area (Å²) in [5, 5.41) is 5.32. The molecule has 5 heteroatoms. The molecule has 0 unspecified atom stereocenters. The molecular formula is C22H27N3OS. The minimum absolute atomic E-state index is 0.105. The van der Waals surface area contributed by atoms with Gasteiger partial charge >= 0.3 is 0 Å². The van der Waals surface area contributed by atoms with Crippen molar-refractivity contribution in [2.24, 2.45) is 5.92 Å². The Kier molecular flexibility index (Phi) is 4.66. The van der Waals surface area contributed by atoms with Crippen LogP contribution >= 0.6 is 11.3 Å². The first-order valence-electron chi connectivity index (χ1n) is 10.2. The highest BCUT2D eigenvalue weighted by Gasteiger charge is 2.40. The van der Waals surface area contributed by atoms with Gasteiger partial charge in [-0.25, -0.2) is 0 Å². The fourth-order valence-corrected chi connectivity index (χ4v) is 5.57.